The largest absolute Gasteiger partial charge is 0.0705 e. The molecule has 107 valence electrons. The molecule has 0 saturated carbocycles. The van der Waals surface area contributed by atoms with Crippen LogP contribution >= 0.6 is 0 Å². The van der Waals surface area contributed by atoms with Crippen molar-refractivity contribution in [2.24, 2.45) is 0 Å². The summed E-state index contributed by atoms with van der Waals surface area (Å²) in [5.41, 5.74) is 1.18. The third-order valence-corrected chi connectivity index (χ3v) is 3.81. The van der Waals surface area contributed by atoms with Gasteiger partial charge in [0.05, 0.1) is 0 Å². The van der Waals surface area contributed by atoms with Crippen molar-refractivity contribution >= 4 is 0 Å². The Kier molecular flexibility index (Phi) is 14.6. The van der Waals surface area contributed by atoms with Gasteiger partial charge in [0, 0.05) is 0 Å². The summed E-state index contributed by atoms with van der Waals surface area (Å²) < 4.78 is 0. The maximum atomic E-state index is 5.82. The van der Waals surface area contributed by atoms with E-state index in [1.165, 1.54) is 82.6 Å². The van der Waals surface area contributed by atoms with Gasteiger partial charge in [0.15, 0.2) is 0 Å². The van der Waals surface area contributed by atoms with Crippen LogP contribution < -0.4 is 0 Å². The number of allylic oxidation sites excluding steroid dienone is 1. The number of rotatable bonds is 14. The van der Waals surface area contributed by atoms with E-state index in [0.29, 0.717) is 0 Å². The Balaban J connectivity index is 2.97. The number of unbranched alkanes of at least 4 members (excludes halogenated alkanes) is 11. The van der Waals surface area contributed by atoms with Crippen molar-refractivity contribution in [1.82, 2.24) is 0 Å². The standard InChI is InChI=1S/C18H35/c1-4-6-7-8-9-10-11-12-13-14-15-16-17-18(3)5-2/h3H,4-17H2,1-2H3. The van der Waals surface area contributed by atoms with Crippen molar-refractivity contribution in [3.63, 3.8) is 0 Å². The van der Waals surface area contributed by atoms with Crippen molar-refractivity contribution in [1.29, 1.82) is 0 Å². The van der Waals surface area contributed by atoms with Gasteiger partial charge in [-0.3, -0.25) is 0 Å². The van der Waals surface area contributed by atoms with Gasteiger partial charge in [-0.05, 0) is 19.3 Å². The lowest BCUT2D eigenvalue weighted by atomic mass is 10.0. The first-order chi connectivity index (χ1) is 8.81. The van der Waals surface area contributed by atoms with Crippen molar-refractivity contribution in [3.8, 4) is 0 Å². The highest BCUT2D eigenvalue weighted by Crippen LogP contribution is 2.14. The lowest BCUT2D eigenvalue weighted by Crippen LogP contribution is -1.84. The van der Waals surface area contributed by atoms with Gasteiger partial charge in [-0.15, -0.1) is 0 Å². The summed E-state index contributed by atoms with van der Waals surface area (Å²) in [6, 6.07) is 0. The summed E-state index contributed by atoms with van der Waals surface area (Å²) in [4.78, 5) is 0. The second-order valence-electron chi connectivity index (χ2n) is 5.65. The minimum Gasteiger partial charge on any atom is -0.0705 e. The van der Waals surface area contributed by atoms with E-state index in [1.807, 2.05) is 0 Å². The van der Waals surface area contributed by atoms with E-state index in [1.54, 1.807) is 0 Å². The third-order valence-electron chi connectivity index (χ3n) is 3.81. The third kappa shape index (κ3) is 13.8. The van der Waals surface area contributed by atoms with E-state index in [0.717, 1.165) is 12.8 Å². The summed E-state index contributed by atoms with van der Waals surface area (Å²) in [5, 5.41) is 0. The molecule has 0 spiro atoms. The number of hydrogen-bond donors (Lipinski definition) is 0. The average molecular weight is 251 g/mol. The molecule has 0 amide bonds. The van der Waals surface area contributed by atoms with Gasteiger partial charge in [0.25, 0.3) is 0 Å². The topological polar surface area (TPSA) is 0 Å². The van der Waals surface area contributed by atoms with E-state index in [-0.39, 0.29) is 0 Å². The van der Waals surface area contributed by atoms with Crippen molar-refractivity contribution in [2.45, 2.75) is 104 Å². The van der Waals surface area contributed by atoms with Crippen LogP contribution in [0.5, 0.6) is 0 Å². The highest BCUT2D eigenvalue weighted by Gasteiger charge is 1.94. The summed E-state index contributed by atoms with van der Waals surface area (Å²) in [6.45, 7) is 10.3. The van der Waals surface area contributed by atoms with E-state index >= 15 is 0 Å². The van der Waals surface area contributed by atoms with Crippen LogP contribution in [0.2, 0.25) is 0 Å². The fraction of sp³-hybridized carbons (Fsp3) is 0.889. The first-order valence-corrected chi connectivity index (χ1v) is 8.41. The Morgan fingerprint density at radius 1 is 0.611 bits per heavy atom. The highest BCUT2D eigenvalue weighted by atomic mass is 14.0. The van der Waals surface area contributed by atoms with Crippen molar-refractivity contribution in [2.75, 3.05) is 0 Å². The van der Waals surface area contributed by atoms with Gasteiger partial charge in [-0.25, -0.2) is 0 Å². The van der Waals surface area contributed by atoms with Crippen molar-refractivity contribution < 1.29 is 0 Å². The molecule has 0 aliphatic heterocycles. The summed E-state index contributed by atoms with van der Waals surface area (Å²) in [7, 11) is 0. The molecule has 0 aromatic heterocycles. The predicted octanol–water partition coefficient (Wildman–Crippen LogP) is 6.85. The Morgan fingerprint density at radius 2 is 1.00 bits per heavy atom. The lowest BCUT2D eigenvalue weighted by molar-refractivity contribution is 0.543. The predicted molar refractivity (Wildman–Crippen MR) is 83.8 cm³/mol. The first kappa shape index (κ1) is 17.7. The van der Waals surface area contributed by atoms with Gasteiger partial charge in [-0.1, -0.05) is 96.6 Å². The molecule has 0 bridgehead atoms. The maximum absolute atomic E-state index is 5.82. The molecule has 0 nitrogen and oxygen atoms in total. The van der Waals surface area contributed by atoms with Gasteiger partial charge in [-0.2, -0.15) is 0 Å². The molecule has 0 fully saturated rings. The van der Waals surface area contributed by atoms with Crippen LogP contribution in [-0.4, -0.2) is 0 Å². The molecule has 1 radical (unpaired) electrons. The fourth-order valence-electron chi connectivity index (χ4n) is 2.37. The van der Waals surface area contributed by atoms with Gasteiger partial charge in [0.2, 0.25) is 0 Å². The molecule has 0 heteroatoms. The zero-order chi connectivity index (χ0) is 13.5. The molecule has 0 rings (SSSR count). The van der Waals surface area contributed by atoms with Crippen molar-refractivity contribution in [3.05, 3.63) is 12.2 Å². The average Bonchev–Trinajstić information content (AvgIpc) is 2.39. The molecule has 18 heavy (non-hydrogen) atoms. The van der Waals surface area contributed by atoms with E-state index in [9.17, 15) is 0 Å². The maximum Gasteiger partial charge on any atom is -0.0317 e. The van der Waals surface area contributed by atoms with Crippen LogP contribution in [0.15, 0.2) is 5.57 Å². The Morgan fingerprint density at radius 3 is 1.39 bits per heavy atom. The smallest absolute Gasteiger partial charge is 0.0317 e. The van der Waals surface area contributed by atoms with E-state index in [2.05, 4.69) is 13.8 Å². The summed E-state index contributed by atoms with van der Waals surface area (Å²) in [6.07, 6.45) is 19.2. The monoisotopic (exact) mass is 251 g/mol. The van der Waals surface area contributed by atoms with Crippen LogP contribution in [0.3, 0.4) is 0 Å². The number of hydrogen-bond acceptors (Lipinski definition) is 0. The van der Waals surface area contributed by atoms with Crippen LogP contribution in [0.1, 0.15) is 104 Å². The van der Waals surface area contributed by atoms with E-state index < -0.39 is 0 Å². The van der Waals surface area contributed by atoms with Gasteiger partial charge in [0.1, 0.15) is 0 Å². The Bertz CT molecular complexity index is 169. The Hall–Kier alpha value is -0.260. The second-order valence-corrected chi connectivity index (χ2v) is 5.65. The van der Waals surface area contributed by atoms with Gasteiger partial charge < -0.3 is 0 Å². The molecule has 0 saturated heterocycles. The highest BCUT2D eigenvalue weighted by molar-refractivity contribution is 4.88. The molecular formula is C18H35. The lowest BCUT2D eigenvalue weighted by Gasteiger charge is -2.03. The second kappa shape index (κ2) is 14.8. The molecule has 0 N–H and O–H groups in total. The Labute approximate surface area is 116 Å². The molecule has 0 heterocycles. The van der Waals surface area contributed by atoms with Crippen LogP contribution in [0.4, 0.5) is 0 Å². The summed E-state index contributed by atoms with van der Waals surface area (Å²) in [5.74, 6) is 0. The zero-order valence-electron chi connectivity index (χ0n) is 13.0. The van der Waals surface area contributed by atoms with Crippen LogP contribution in [0, 0.1) is 6.58 Å². The minimum atomic E-state index is 1.05. The molecule has 0 atom stereocenters. The molecule has 0 aromatic rings. The molecule has 0 unspecified atom stereocenters. The molecule has 0 aromatic carbocycles. The normalized spacial score (nSPS) is 10.8. The molecule has 0 aliphatic rings. The SMILES string of the molecule is [CH]=C(CC)CCCCCCCCCCCCCC. The van der Waals surface area contributed by atoms with Crippen LogP contribution in [-0.2, 0) is 0 Å². The molecule has 0 aliphatic carbocycles. The quantitative estimate of drug-likeness (QED) is 0.296. The zero-order valence-corrected chi connectivity index (χ0v) is 13.0. The molecular weight excluding hydrogens is 216 g/mol. The minimum absolute atomic E-state index is 1.05. The summed E-state index contributed by atoms with van der Waals surface area (Å²) >= 11 is 0. The van der Waals surface area contributed by atoms with Crippen LogP contribution in [0.25, 0.3) is 0 Å². The fourth-order valence-corrected chi connectivity index (χ4v) is 2.37. The van der Waals surface area contributed by atoms with Gasteiger partial charge >= 0.3 is 0 Å². The first-order valence-electron chi connectivity index (χ1n) is 8.41. The van der Waals surface area contributed by atoms with E-state index in [4.69, 9.17) is 6.58 Å².